The molecule has 0 saturated carbocycles. The Morgan fingerprint density at radius 1 is 1.52 bits per heavy atom. The maximum Gasteiger partial charge on any atom is 0.327 e. The molecule has 0 bridgehead atoms. The molecular weight excluding hydrogens is 294 g/mol. The summed E-state index contributed by atoms with van der Waals surface area (Å²) in [5.74, 6) is -0.163. The van der Waals surface area contributed by atoms with Crippen LogP contribution in [0, 0.1) is 6.92 Å². The molecule has 1 aliphatic rings. The highest BCUT2D eigenvalue weighted by molar-refractivity contribution is 7.99. The number of fused-ring (bicyclic) bond motifs is 1. The highest BCUT2D eigenvalue weighted by atomic mass is 32.2. The predicted molar refractivity (Wildman–Crippen MR) is 76.3 cm³/mol. The molecule has 110 valence electrons. The first-order valence-electron chi connectivity index (χ1n) is 6.41. The summed E-state index contributed by atoms with van der Waals surface area (Å²) in [5, 5.41) is 13.7. The molecule has 1 fully saturated rings. The molecule has 1 aliphatic heterocycles. The molecule has 1 N–H and O–H groups in total. The van der Waals surface area contributed by atoms with Gasteiger partial charge in [-0.25, -0.2) is 9.78 Å². The van der Waals surface area contributed by atoms with Gasteiger partial charge in [-0.05, 0) is 13.0 Å². The van der Waals surface area contributed by atoms with Gasteiger partial charge in [0.15, 0.2) is 0 Å². The normalized spacial score (nSPS) is 18.9. The van der Waals surface area contributed by atoms with E-state index in [4.69, 9.17) is 4.52 Å². The number of carbonyl (C=O) groups excluding carboxylic acids is 1. The summed E-state index contributed by atoms with van der Waals surface area (Å²) in [6, 6.07) is 0.854. The molecule has 21 heavy (non-hydrogen) atoms. The second-order valence-corrected chi connectivity index (χ2v) is 5.92. The van der Waals surface area contributed by atoms with Gasteiger partial charge in [-0.3, -0.25) is 4.79 Å². The topological polar surface area (TPSA) is 96.5 Å². The number of aryl methyl sites for hydroxylation is 1. The number of nitrogens with zero attached hydrogens (tertiary/aromatic N) is 3. The Hall–Kier alpha value is -2.09. The second-order valence-electron chi connectivity index (χ2n) is 4.77. The summed E-state index contributed by atoms with van der Waals surface area (Å²) < 4.78 is 5.00. The van der Waals surface area contributed by atoms with Crippen LogP contribution in [-0.4, -0.2) is 56.1 Å². The summed E-state index contributed by atoms with van der Waals surface area (Å²) in [6.07, 6.45) is 1.40. The van der Waals surface area contributed by atoms with Gasteiger partial charge in [0, 0.05) is 24.2 Å². The van der Waals surface area contributed by atoms with Gasteiger partial charge in [0.25, 0.3) is 11.6 Å². The number of carboxylic acid groups (broad SMARTS) is 1. The van der Waals surface area contributed by atoms with Crippen LogP contribution in [0.1, 0.15) is 16.1 Å². The maximum atomic E-state index is 12.6. The van der Waals surface area contributed by atoms with E-state index in [-0.39, 0.29) is 5.91 Å². The Morgan fingerprint density at radius 2 is 2.33 bits per heavy atom. The Bertz CT molecular complexity index is 715. The first kappa shape index (κ1) is 13.9. The molecule has 2 aromatic rings. The summed E-state index contributed by atoms with van der Waals surface area (Å²) in [4.78, 5) is 29.3. The fourth-order valence-corrected chi connectivity index (χ4v) is 3.32. The van der Waals surface area contributed by atoms with Gasteiger partial charge in [-0.15, -0.1) is 0 Å². The summed E-state index contributed by atoms with van der Waals surface area (Å²) in [5.41, 5.74) is 1.37. The molecule has 0 radical (unpaired) electrons. The number of carbonyl (C=O) groups is 2. The Labute approximate surface area is 124 Å². The van der Waals surface area contributed by atoms with Crippen LogP contribution < -0.4 is 0 Å². The third-order valence-electron chi connectivity index (χ3n) is 3.43. The molecule has 0 aliphatic carbocycles. The van der Waals surface area contributed by atoms with Gasteiger partial charge in [-0.1, -0.05) is 5.16 Å². The fraction of sp³-hybridized carbons (Fsp3) is 0.385. The molecule has 3 heterocycles. The lowest BCUT2D eigenvalue weighted by molar-refractivity contribution is -0.141. The van der Waals surface area contributed by atoms with Crippen LogP contribution in [0.4, 0.5) is 0 Å². The number of carboxylic acids is 1. The number of hydrogen-bond donors (Lipinski definition) is 1. The zero-order chi connectivity index (χ0) is 15.0. The third kappa shape index (κ3) is 2.46. The lowest BCUT2D eigenvalue weighted by Gasteiger charge is -2.32. The molecule has 3 rings (SSSR count). The van der Waals surface area contributed by atoms with Gasteiger partial charge in [0.05, 0.1) is 16.6 Å². The lowest BCUT2D eigenvalue weighted by atomic mass is 10.1. The van der Waals surface area contributed by atoms with Crippen molar-refractivity contribution in [2.45, 2.75) is 13.0 Å². The number of aromatic nitrogens is 2. The minimum absolute atomic E-state index is 0.322. The smallest absolute Gasteiger partial charge is 0.327 e. The molecule has 2 aromatic heterocycles. The number of pyridine rings is 1. The molecule has 8 heteroatoms. The van der Waals surface area contributed by atoms with E-state index in [1.807, 2.05) is 0 Å². The molecule has 1 unspecified atom stereocenters. The van der Waals surface area contributed by atoms with Gasteiger partial charge < -0.3 is 14.5 Å². The van der Waals surface area contributed by atoms with Crippen LogP contribution in [0.3, 0.4) is 0 Å². The number of rotatable bonds is 2. The molecule has 1 amide bonds. The lowest BCUT2D eigenvalue weighted by Crippen LogP contribution is -2.50. The highest BCUT2D eigenvalue weighted by Gasteiger charge is 2.33. The maximum absolute atomic E-state index is 12.6. The quantitative estimate of drug-likeness (QED) is 0.889. The van der Waals surface area contributed by atoms with E-state index >= 15 is 0 Å². The van der Waals surface area contributed by atoms with Gasteiger partial charge >= 0.3 is 5.97 Å². The van der Waals surface area contributed by atoms with Crippen molar-refractivity contribution in [3.05, 3.63) is 23.5 Å². The van der Waals surface area contributed by atoms with E-state index in [0.717, 1.165) is 5.75 Å². The Kier molecular flexibility index (Phi) is 3.54. The standard InChI is InChI=1S/C13H13N3O4S/c1-7-9-4-8(5-14-11(9)20-15-7)12(17)16-2-3-21-6-10(16)13(18)19/h4-5,10H,2-3,6H2,1H3,(H,18,19). The van der Waals surface area contributed by atoms with E-state index in [1.54, 1.807) is 13.0 Å². The summed E-state index contributed by atoms with van der Waals surface area (Å²) >= 11 is 1.54. The average Bonchev–Trinajstić information content (AvgIpc) is 2.87. The van der Waals surface area contributed by atoms with Crippen LogP contribution >= 0.6 is 11.8 Å². The van der Waals surface area contributed by atoms with E-state index < -0.39 is 12.0 Å². The third-order valence-corrected chi connectivity index (χ3v) is 4.45. The first-order chi connectivity index (χ1) is 10.1. The van der Waals surface area contributed by atoms with Crippen molar-refractivity contribution < 1.29 is 19.2 Å². The van der Waals surface area contributed by atoms with Crippen molar-refractivity contribution >= 4 is 34.7 Å². The SMILES string of the molecule is Cc1noc2ncc(C(=O)N3CCSCC3C(=O)O)cc12. The molecule has 0 spiro atoms. The largest absolute Gasteiger partial charge is 0.480 e. The zero-order valence-corrected chi connectivity index (χ0v) is 12.1. The minimum atomic E-state index is -0.981. The van der Waals surface area contributed by atoms with Crippen molar-refractivity contribution in [1.29, 1.82) is 0 Å². The molecule has 7 nitrogen and oxygen atoms in total. The number of aliphatic carboxylic acids is 1. The number of thioether (sulfide) groups is 1. The monoisotopic (exact) mass is 307 g/mol. The predicted octanol–water partition coefficient (Wildman–Crippen LogP) is 1.17. The molecule has 0 aromatic carbocycles. The van der Waals surface area contributed by atoms with Crippen LogP contribution in [-0.2, 0) is 4.79 Å². The van der Waals surface area contributed by atoms with Gasteiger partial charge in [-0.2, -0.15) is 11.8 Å². The minimum Gasteiger partial charge on any atom is -0.480 e. The van der Waals surface area contributed by atoms with Crippen molar-refractivity contribution in [3.63, 3.8) is 0 Å². The first-order valence-corrected chi connectivity index (χ1v) is 7.57. The van der Waals surface area contributed by atoms with Gasteiger partial charge in [0.1, 0.15) is 6.04 Å². The van der Waals surface area contributed by atoms with Crippen molar-refractivity contribution in [3.8, 4) is 0 Å². The summed E-state index contributed by atoms with van der Waals surface area (Å²) in [7, 11) is 0. The van der Waals surface area contributed by atoms with Crippen molar-refractivity contribution in [2.75, 3.05) is 18.1 Å². The van der Waals surface area contributed by atoms with Crippen LogP contribution in [0.25, 0.3) is 11.1 Å². The Balaban J connectivity index is 1.94. The van der Waals surface area contributed by atoms with Gasteiger partial charge in [0.2, 0.25) is 0 Å². The van der Waals surface area contributed by atoms with E-state index in [1.165, 1.54) is 22.9 Å². The summed E-state index contributed by atoms with van der Waals surface area (Å²) in [6.45, 7) is 2.18. The highest BCUT2D eigenvalue weighted by Crippen LogP contribution is 2.22. The van der Waals surface area contributed by atoms with Crippen LogP contribution in [0.2, 0.25) is 0 Å². The van der Waals surface area contributed by atoms with E-state index in [2.05, 4.69) is 10.1 Å². The van der Waals surface area contributed by atoms with Crippen molar-refractivity contribution in [1.82, 2.24) is 15.0 Å². The van der Waals surface area contributed by atoms with Crippen molar-refractivity contribution in [2.24, 2.45) is 0 Å². The Morgan fingerprint density at radius 3 is 3.10 bits per heavy atom. The van der Waals surface area contributed by atoms with Crippen LogP contribution in [0.5, 0.6) is 0 Å². The number of amides is 1. The molecule has 1 saturated heterocycles. The van der Waals surface area contributed by atoms with E-state index in [9.17, 15) is 14.7 Å². The molecule has 1 atom stereocenters. The van der Waals surface area contributed by atoms with Crippen LogP contribution in [0.15, 0.2) is 16.8 Å². The zero-order valence-electron chi connectivity index (χ0n) is 11.3. The van der Waals surface area contributed by atoms with E-state index in [0.29, 0.717) is 34.7 Å². The number of hydrogen-bond acceptors (Lipinski definition) is 6. The average molecular weight is 307 g/mol. The second kappa shape index (κ2) is 5.36. The molecular formula is C13H13N3O4S. The fourth-order valence-electron chi connectivity index (χ4n) is 2.28.